The second kappa shape index (κ2) is 9.64. The van der Waals surface area contributed by atoms with Gasteiger partial charge in [0.15, 0.2) is 0 Å². The van der Waals surface area contributed by atoms with Crippen molar-refractivity contribution in [3.63, 3.8) is 0 Å². The van der Waals surface area contributed by atoms with Crippen LogP contribution in [0, 0.1) is 23.6 Å². The topological polar surface area (TPSA) is 86.7 Å². The molecule has 1 aromatic heterocycles. The zero-order valence-electron chi connectivity index (χ0n) is 22.8. The van der Waals surface area contributed by atoms with Crippen LogP contribution >= 0.6 is 0 Å². The summed E-state index contributed by atoms with van der Waals surface area (Å²) < 4.78 is 42.8. The standard InChI is InChI=1S/C29H34F3N5O3/c1-15(17-5-4-6-18(24(17)30)26(31)32)33-27(39)21-12-37(29(2)13-36(14-29)28(40)16-7-8-16)23(38)9-22(21)34-25-19-10-35(3)11-20(19)25/h4-6,9,12,15-16,19-20,25-26,34H,7-8,10-11,13-14H2,1-3H3,(H,33,39)/t15-,19-,20+,25-/m1/s1. The molecule has 0 bridgehead atoms. The Balaban J connectivity index is 1.28. The van der Waals surface area contributed by atoms with Crippen LogP contribution in [0.2, 0.25) is 0 Å². The third-order valence-corrected chi connectivity index (χ3v) is 8.99. The van der Waals surface area contributed by atoms with Crippen molar-refractivity contribution in [3.8, 4) is 0 Å². The van der Waals surface area contributed by atoms with Gasteiger partial charge in [-0.15, -0.1) is 0 Å². The third kappa shape index (κ3) is 4.67. The first-order valence-electron chi connectivity index (χ1n) is 13.8. The van der Waals surface area contributed by atoms with E-state index in [9.17, 15) is 27.6 Å². The summed E-state index contributed by atoms with van der Waals surface area (Å²) in [5.74, 6) is -0.557. The minimum atomic E-state index is -2.98. The second-order valence-electron chi connectivity index (χ2n) is 12.2. The molecule has 6 rings (SSSR count). The first-order chi connectivity index (χ1) is 19.0. The molecule has 40 heavy (non-hydrogen) atoms. The Morgan fingerprint density at radius 3 is 2.38 bits per heavy atom. The number of halogens is 3. The molecule has 2 aliphatic heterocycles. The molecule has 0 unspecified atom stereocenters. The van der Waals surface area contributed by atoms with E-state index in [1.165, 1.54) is 35.9 Å². The predicted molar refractivity (Wildman–Crippen MR) is 143 cm³/mol. The lowest BCUT2D eigenvalue weighted by molar-refractivity contribution is -0.142. The van der Waals surface area contributed by atoms with Gasteiger partial charge >= 0.3 is 0 Å². The Bertz CT molecular complexity index is 1410. The predicted octanol–water partition coefficient (Wildman–Crippen LogP) is 3.36. The summed E-state index contributed by atoms with van der Waals surface area (Å²) in [6.07, 6.45) is 0.333. The number of amides is 2. The molecule has 4 aliphatic rings. The highest BCUT2D eigenvalue weighted by Gasteiger charge is 2.55. The molecule has 0 spiro atoms. The molecule has 2 amide bonds. The van der Waals surface area contributed by atoms with Crippen LogP contribution in [0.1, 0.15) is 60.6 Å². The number of hydrogen-bond acceptors (Lipinski definition) is 5. The molecule has 3 heterocycles. The Labute approximate surface area is 230 Å². The number of carbonyl (C=O) groups excluding carboxylic acids is 2. The lowest BCUT2D eigenvalue weighted by Crippen LogP contribution is -2.65. The van der Waals surface area contributed by atoms with E-state index in [0.29, 0.717) is 30.6 Å². The van der Waals surface area contributed by atoms with Crippen LogP contribution in [0.15, 0.2) is 35.3 Å². The fourth-order valence-corrected chi connectivity index (χ4v) is 6.48. The first kappa shape index (κ1) is 26.9. The minimum absolute atomic E-state index is 0.0473. The number of piperidine rings is 1. The summed E-state index contributed by atoms with van der Waals surface area (Å²) in [6.45, 7) is 6.02. The molecule has 0 radical (unpaired) electrons. The fraction of sp³-hybridized carbons (Fsp3) is 0.552. The number of anilines is 1. The molecule has 2 saturated heterocycles. The highest BCUT2D eigenvalue weighted by Crippen LogP contribution is 2.47. The molecule has 4 fully saturated rings. The number of likely N-dealkylation sites (tertiary alicyclic amines) is 2. The summed E-state index contributed by atoms with van der Waals surface area (Å²) in [5.41, 5.74) is -1.12. The van der Waals surface area contributed by atoms with E-state index in [1.54, 1.807) is 4.90 Å². The van der Waals surface area contributed by atoms with E-state index in [2.05, 4.69) is 22.6 Å². The van der Waals surface area contributed by atoms with Gasteiger partial charge in [-0.25, -0.2) is 13.2 Å². The molecule has 2 aliphatic carbocycles. The first-order valence-corrected chi connectivity index (χ1v) is 13.8. The van der Waals surface area contributed by atoms with E-state index in [1.807, 2.05) is 6.92 Å². The summed E-state index contributed by atoms with van der Waals surface area (Å²) in [6, 6.07) is 4.39. The number of benzene rings is 1. The Morgan fingerprint density at radius 2 is 1.75 bits per heavy atom. The van der Waals surface area contributed by atoms with Gasteiger partial charge in [0.05, 0.1) is 28.4 Å². The van der Waals surface area contributed by atoms with Gasteiger partial charge in [0, 0.05) is 56.0 Å². The number of nitrogens with zero attached hydrogens (tertiary/aromatic N) is 3. The maximum atomic E-state index is 14.8. The number of pyridine rings is 1. The van der Waals surface area contributed by atoms with Gasteiger partial charge < -0.3 is 25.0 Å². The quantitative estimate of drug-likeness (QED) is 0.520. The van der Waals surface area contributed by atoms with Crippen molar-refractivity contribution in [1.29, 1.82) is 0 Å². The number of alkyl halides is 2. The van der Waals surface area contributed by atoms with E-state index in [4.69, 9.17) is 0 Å². The van der Waals surface area contributed by atoms with E-state index in [0.717, 1.165) is 32.0 Å². The summed E-state index contributed by atoms with van der Waals surface area (Å²) >= 11 is 0. The van der Waals surface area contributed by atoms with Crippen LogP contribution in [0.4, 0.5) is 18.9 Å². The Morgan fingerprint density at radius 1 is 1.10 bits per heavy atom. The van der Waals surface area contributed by atoms with Crippen LogP contribution in [-0.2, 0) is 10.3 Å². The van der Waals surface area contributed by atoms with Crippen molar-refractivity contribution < 1.29 is 22.8 Å². The average molecular weight is 558 g/mol. The zero-order valence-corrected chi connectivity index (χ0v) is 22.8. The van der Waals surface area contributed by atoms with Gasteiger partial charge in [0.1, 0.15) is 5.82 Å². The highest BCUT2D eigenvalue weighted by atomic mass is 19.3. The van der Waals surface area contributed by atoms with E-state index in [-0.39, 0.29) is 34.6 Å². The van der Waals surface area contributed by atoms with Crippen molar-refractivity contribution in [3.05, 3.63) is 63.3 Å². The lowest BCUT2D eigenvalue weighted by Gasteiger charge is -2.49. The van der Waals surface area contributed by atoms with E-state index >= 15 is 0 Å². The summed E-state index contributed by atoms with van der Waals surface area (Å²) in [5, 5.41) is 6.15. The molecule has 2 aromatic rings. The van der Waals surface area contributed by atoms with Gasteiger partial charge in [-0.3, -0.25) is 14.4 Å². The molecule has 1 aromatic carbocycles. The van der Waals surface area contributed by atoms with Gasteiger partial charge in [0.25, 0.3) is 17.9 Å². The average Bonchev–Trinajstić information content (AvgIpc) is 3.79. The molecule has 4 atom stereocenters. The van der Waals surface area contributed by atoms with Crippen molar-refractivity contribution in [2.24, 2.45) is 17.8 Å². The smallest absolute Gasteiger partial charge is 0.266 e. The van der Waals surface area contributed by atoms with Crippen LogP contribution in [0.25, 0.3) is 0 Å². The molecular weight excluding hydrogens is 523 g/mol. The number of fused-ring (bicyclic) bond motifs is 1. The van der Waals surface area contributed by atoms with Crippen LogP contribution < -0.4 is 16.2 Å². The molecule has 2 saturated carbocycles. The lowest BCUT2D eigenvalue weighted by atomic mass is 9.90. The minimum Gasteiger partial charge on any atom is -0.381 e. The fourth-order valence-electron chi connectivity index (χ4n) is 6.48. The number of hydrogen-bond donors (Lipinski definition) is 2. The summed E-state index contributed by atoms with van der Waals surface area (Å²) in [4.78, 5) is 43.5. The molecular formula is C29H34F3N5O3. The van der Waals surface area contributed by atoms with Crippen LogP contribution in [0.3, 0.4) is 0 Å². The van der Waals surface area contributed by atoms with Crippen LogP contribution in [-0.4, -0.2) is 65.4 Å². The zero-order chi connectivity index (χ0) is 28.5. The number of aromatic nitrogens is 1. The number of rotatable bonds is 8. The maximum absolute atomic E-state index is 14.8. The van der Waals surface area contributed by atoms with Gasteiger partial charge in [-0.2, -0.15) is 0 Å². The van der Waals surface area contributed by atoms with Crippen molar-refractivity contribution in [2.75, 3.05) is 38.5 Å². The van der Waals surface area contributed by atoms with Crippen molar-refractivity contribution >= 4 is 17.5 Å². The largest absolute Gasteiger partial charge is 0.381 e. The second-order valence-corrected chi connectivity index (χ2v) is 12.2. The van der Waals surface area contributed by atoms with Crippen molar-refractivity contribution in [2.45, 2.75) is 50.7 Å². The van der Waals surface area contributed by atoms with E-state index < -0.39 is 35.3 Å². The maximum Gasteiger partial charge on any atom is 0.266 e. The highest BCUT2D eigenvalue weighted by molar-refractivity contribution is 5.99. The molecule has 214 valence electrons. The van der Waals surface area contributed by atoms with Gasteiger partial charge in [-0.05, 0) is 45.6 Å². The number of carbonyl (C=O) groups is 2. The Hall–Kier alpha value is -3.34. The van der Waals surface area contributed by atoms with Crippen molar-refractivity contribution in [1.82, 2.24) is 19.7 Å². The van der Waals surface area contributed by atoms with Gasteiger partial charge in [0.2, 0.25) is 5.91 Å². The Kier molecular flexibility index (Phi) is 6.47. The monoisotopic (exact) mass is 557 g/mol. The normalized spacial score (nSPS) is 25.8. The molecule has 11 heteroatoms. The van der Waals surface area contributed by atoms with Crippen LogP contribution in [0.5, 0.6) is 0 Å². The number of nitrogens with one attached hydrogen (secondary N) is 2. The SMILES string of the molecule is C[C@@H](NC(=O)c1cn(C2(C)CN(C(=O)C3CC3)C2)c(=O)cc1N[C@@H]1[C@@H]2CN(C)C[C@@H]21)c1cccc(C(F)F)c1F. The molecule has 2 N–H and O–H groups in total. The third-order valence-electron chi connectivity index (χ3n) is 8.99. The van der Waals surface area contributed by atoms with Gasteiger partial charge in [-0.1, -0.05) is 18.2 Å². The molecule has 8 nitrogen and oxygen atoms in total. The summed E-state index contributed by atoms with van der Waals surface area (Å²) in [7, 11) is 2.06.